The molecular weight excluding hydrogens is 222 g/mol. The average Bonchev–Trinajstić information content (AvgIpc) is 3.10. The minimum absolute atomic E-state index is 0.295. The van der Waals surface area contributed by atoms with Gasteiger partial charge in [-0.1, -0.05) is 12.1 Å². The van der Waals surface area contributed by atoms with E-state index in [9.17, 15) is 0 Å². The molecule has 0 bridgehead atoms. The molecule has 0 aliphatic heterocycles. The van der Waals surface area contributed by atoms with E-state index >= 15 is 0 Å². The molecule has 1 aliphatic carbocycles. The molecule has 0 spiro atoms. The number of hydrogen-bond donors (Lipinski definition) is 1. The predicted molar refractivity (Wildman–Crippen MR) is 74.6 cm³/mol. The van der Waals surface area contributed by atoms with Crippen LogP contribution in [0, 0.1) is 0 Å². The second-order valence-electron chi connectivity index (χ2n) is 5.49. The van der Waals surface area contributed by atoms with Gasteiger partial charge in [0.15, 0.2) is 0 Å². The molecule has 1 unspecified atom stereocenters. The molecule has 1 atom stereocenters. The van der Waals surface area contributed by atoms with Crippen LogP contribution in [0.3, 0.4) is 0 Å². The number of para-hydroxylation sites is 2. The number of aromatic nitrogens is 2. The predicted octanol–water partition coefficient (Wildman–Crippen LogP) is 3.04. The van der Waals surface area contributed by atoms with Crippen molar-refractivity contribution in [3.05, 3.63) is 30.1 Å². The van der Waals surface area contributed by atoms with Crippen molar-refractivity contribution in [1.82, 2.24) is 9.55 Å². The minimum atomic E-state index is 0.295. The zero-order valence-corrected chi connectivity index (χ0v) is 11.0. The van der Waals surface area contributed by atoms with Crippen LogP contribution in [-0.2, 0) is 6.42 Å². The highest BCUT2D eigenvalue weighted by Gasteiger charge is 2.27. The lowest BCUT2D eigenvalue weighted by molar-refractivity contribution is 0.595. The summed E-state index contributed by atoms with van der Waals surface area (Å²) in [6.45, 7) is 2.07. The van der Waals surface area contributed by atoms with Crippen molar-refractivity contribution >= 4 is 11.0 Å². The monoisotopic (exact) mass is 243 g/mol. The summed E-state index contributed by atoms with van der Waals surface area (Å²) in [5, 5.41) is 0. The topological polar surface area (TPSA) is 43.8 Å². The standard InChI is InChI=1S/C15H21N3/c1-11(16)5-4-8-15-17-13-6-2-3-7-14(13)18(15)12-9-10-12/h2-3,6-7,11-12H,4-5,8-10,16H2,1H3. The third kappa shape index (κ3) is 2.27. The van der Waals surface area contributed by atoms with E-state index in [0.29, 0.717) is 12.1 Å². The lowest BCUT2D eigenvalue weighted by Gasteiger charge is -2.08. The zero-order valence-electron chi connectivity index (χ0n) is 11.0. The molecule has 1 fully saturated rings. The Morgan fingerprint density at radius 1 is 1.39 bits per heavy atom. The highest BCUT2D eigenvalue weighted by atomic mass is 15.1. The van der Waals surface area contributed by atoms with E-state index in [-0.39, 0.29) is 0 Å². The van der Waals surface area contributed by atoms with Crippen LogP contribution in [0.2, 0.25) is 0 Å². The van der Waals surface area contributed by atoms with Gasteiger partial charge in [-0.25, -0.2) is 4.98 Å². The summed E-state index contributed by atoms with van der Waals surface area (Å²) >= 11 is 0. The van der Waals surface area contributed by atoms with Crippen LogP contribution in [0.25, 0.3) is 11.0 Å². The number of benzene rings is 1. The minimum Gasteiger partial charge on any atom is -0.328 e. The largest absolute Gasteiger partial charge is 0.328 e. The Labute approximate surface area is 108 Å². The maximum atomic E-state index is 5.81. The second-order valence-corrected chi connectivity index (χ2v) is 5.49. The molecule has 1 heterocycles. The summed E-state index contributed by atoms with van der Waals surface area (Å²) in [7, 11) is 0. The molecule has 1 aromatic carbocycles. The smallest absolute Gasteiger partial charge is 0.110 e. The lowest BCUT2D eigenvalue weighted by atomic mass is 10.1. The summed E-state index contributed by atoms with van der Waals surface area (Å²) in [6.07, 6.45) is 5.87. The highest BCUT2D eigenvalue weighted by molar-refractivity contribution is 5.76. The molecule has 3 rings (SSSR count). The molecular formula is C15H21N3. The fourth-order valence-corrected chi connectivity index (χ4v) is 2.59. The van der Waals surface area contributed by atoms with E-state index in [1.54, 1.807) is 0 Å². The van der Waals surface area contributed by atoms with Crippen molar-refractivity contribution in [2.75, 3.05) is 0 Å². The van der Waals surface area contributed by atoms with Crippen molar-refractivity contribution in [3.8, 4) is 0 Å². The Balaban J connectivity index is 1.88. The molecule has 3 heteroatoms. The Morgan fingerprint density at radius 2 is 2.17 bits per heavy atom. The van der Waals surface area contributed by atoms with Crippen LogP contribution < -0.4 is 5.73 Å². The van der Waals surface area contributed by atoms with E-state index in [1.165, 1.54) is 24.2 Å². The Hall–Kier alpha value is -1.35. The fraction of sp³-hybridized carbons (Fsp3) is 0.533. The molecule has 0 saturated heterocycles. The van der Waals surface area contributed by atoms with Crippen molar-refractivity contribution in [2.45, 2.75) is 51.1 Å². The van der Waals surface area contributed by atoms with Gasteiger partial charge in [0.1, 0.15) is 5.82 Å². The van der Waals surface area contributed by atoms with E-state index < -0.39 is 0 Å². The summed E-state index contributed by atoms with van der Waals surface area (Å²) in [4.78, 5) is 4.79. The molecule has 2 N–H and O–H groups in total. The Kier molecular flexibility index (Phi) is 3.08. The van der Waals surface area contributed by atoms with Gasteiger partial charge in [-0.3, -0.25) is 0 Å². The van der Waals surface area contributed by atoms with E-state index in [1.807, 2.05) is 0 Å². The van der Waals surface area contributed by atoms with Gasteiger partial charge in [0, 0.05) is 18.5 Å². The van der Waals surface area contributed by atoms with Gasteiger partial charge in [-0.2, -0.15) is 0 Å². The third-order valence-electron chi connectivity index (χ3n) is 3.64. The number of nitrogens with zero attached hydrogens (tertiary/aromatic N) is 2. The average molecular weight is 243 g/mol. The van der Waals surface area contributed by atoms with Gasteiger partial charge in [0.05, 0.1) is 11.0 Å². The maximum absolute atomic E-state index is 5.81. The van der Waals surface area contributed by atoms with Crippen LogP contribution >= 0.6 is 0 Å². The number of rotatable bonds is 5. The van der Waals surface area contributed by atoms with Crippen LogP contribution in [0.1, 0.15) is 44.5 Å². The first-order valence-electron chi connectivity index (χ1n) is 6.97. The summed E-state index contributed by atoms with van der Waals surface area (Å²) in [6, 6.07) is 9.47. The molecule has 2 aromatic rings. The van der Waals surface area contributed by atoms with Gasteiger partial charge < -0.3 is 10.3 Å². The highest BCUT2D eigenvalue weighted by Crippen LogP contribution is 2.38. The first-order chi connectivity index (χ1) is 8.75. The normalized spacial score (nSPS) is 17.2. The van der Waals surface area contributed by atoms with Crippen LogP contribution in [0.4, 0.5) is 0 Å². The molecule has 96 valence electrons. The van der Waals surface area contributed by atoms with E-state index in [2.05, 4.69) is 35.8 Å². The van der Waals surface area contributed by atoms with Crippen LogP contribution in [-0.4, -0.2) is 15.6 Å². The van der Waals surface area contributed by atoms with Crippen molar-refractivity contribution in [1.29, 1.82) is 0 Å². The van der Waals surface area contributed by atoms with E-state index in [0.717, 1.165) is 24.8 Å². The Bertz CT molecular complexity index is 538. The SMILES string of the molecule is CC(N)CCCc1nc2ccccc2n1C1CC1. The van der Waals surface area contributed by atoms with Gasteiger partial charge in [-0.15, -0.1) is 0 Å². The summed E-state index contributed by atoms with van der Waals surface area (Å²) < 4.78 is 2.45. The van der Waals surface area contributed by atoms with E-state index in [4.69, 9.17) is 10.7 Å². The van der Waals surface area contributed by atoms with Crippen molar-refractivity contribution < 1.29 is 0 Å². The Morgan fingerprint density at radius 3 is 2.89 bits per heavy atom. The number of fused-ring (bicyclic) bond motifs is 1. The molecule has 1 saturated carbocycles. The molecule has 0 radical (unpaired) electrons. The molecule has 18 heavy (non-hydrogen) atoms. The van der Waals surface area contributed by atoms with Crippen molar-refractivity contribution in [3.63, 3.8) is 0 Å². The third-order valence-corrected chi connectivity index (χ3v) is 3.64. The molecule has 1 aromatic heterocycles. The molecule has 3 nitrogen and oxygen atoms in total. The summed E-state index contributed by atoms with van der Waals surface area (Å²) in [5.41, 5.74) is 8.26. The van der Waals surface area contributed by atoms with Crippen LogP contribution in [0.15, 0.2) is 24.3 Å². The first-order valence-corrected chi connectivity index (χ1v) is 6.97. The zero-order chi connectivity index (χ0) is 12.5. The van der Waals surface area contributed by atoms with Gasteiger partial charge in [0.2, 0.25) is 0 Å². The van der Waals surface area contributed by atoms with Gasteiger partial charge in [0.25, 0.3) is 0 Å². The number of hydrogen-bond acceptors (Lipinski definition) is 2. The molecule has 1 aliphatic rings. The van der Waals surface area contributed by atoms with Gasteiger partial charge in [-0.05, 0) is 44.7 Å². The molecule has 0 amide bonds. The van der Waals surface area contributed by atoms with Crippen LogP contribution in [0.5, 0.6) is 0 Å². The maximum Gasteiger partial charge on any atom is 0.110 e. The quantitative estimate of drug-likeness (QED) is 0.877. The second kappa shape index (κ2) is 4.73. The number of imidazole rings is 1. The number of aryl methyl sites for hydroxylation is 1. The van der Waals surface area contributed by atoms with Crippen molar-refractivity contribution in [2.24, 2.45) is 5.73 Å². The first kappa shape index (κ1) is 11.7. The number of nitrogens with two attached hydrogens (primary N) is 1. The lowest BCUT2D eigenvalue weighted by Crippen LogP contribution is -2.15. The van der Waals surface area contributed by atoms with Gasteiger partial charge >= 0.3 is 0 Å². The fourth-order valence-electron chi connectivity index (χ4n) is 2.59. The summed E-state index contributed by atoms with van der Waals surface area (Å²) in [5.74, 6) is 1.25.